The van der Waals surface area contributed by atoms with Crippen LogP contribution in [0.2, 0.25) is 0 Å². The van der Waals surface area contributed by atoms with Crippen LogP contribution in [0.4, 0.5) is 34.1 Å². The lowest BCUT2D eigenvalue weighted by atomic mass is 9.33. The zero-order valence-corrected chi connectivity index (χ0v) is 51.5. The predicted molar refractivity (Wildman–Crippen MR) is 410 cm³/mol. The van der Waals surface area contributed by atoms with Crippen molar-refractivity contribution >= 4 is 123 Å². The van der Waals surface area contributed by atoms with E-state index >= 15 is 0 Å². The second kappa shape index (κ2) is 22.0. The summed E-state index contributed by atoms with van der Waals surface area (Å²) in [6.07, 6.45) is 0. The largest absolute Gasteiger partial charge is 0.311 e. The number of nitrogens with zero attached hydrogens (tertiary/aromatic N) is 6. The molecule has 3 aromatic heterocycles. The lowest BCUT2D eigenvalue weighted by Gasteiger charge is -2.45. The van der Waals surface area contributed by atoms with E-state index in [-0.39, 0.29) is 71.7 Å². The van der Waals surface area contributed by atoms with E-state index in [1.54, 1.807) is 48.5 Å². The van der Waals surface area contributed by atoms with E-state index in [4.69, 9.17) is 6.85 Å². The van der Waals surface area contributed by atoms with Crippen LogP contribution in [0.15, 0.2) is 345 Å². The highest BCUT2D eigenvalue weighted by Crippen LogP contribution is 2.50. The van der Waals surface area contributed by atoms with Gasteiger partial charge >= 0.3 is 0 Å². The third-order valence-corrected chi connectivity index (χ3v) is 19.2. The Hall–Kier alpha value is -13.1. The van der Waals surface area contributed by atoms with E-state index in [1.807, 2.05) is 178 Å². The standard InChI is InChI=1S/C91H57BN6/c93-58-64-44-46-67(54-85(64)98-83-42-22-17-36-76(83)90-71(37-23-43-84(90)98)62-30-11-4-12-31-62)95-87-55-68(94-79-38-18-13-32-72(79)73-33-14-19-39-80(73)94)47-49-78(87)92-77-48-45-63(59-24-5-1-6-25-59)53-86(77)97(69-51-65(60-26-7-2-8-27-60)50-66(52-69)61-28-9-3-10-29-61)89-57-70(56-88(95)91(89)92)96-81-40-20-15-34-74(81)75-35-16-21-41-82(75)96/h1-57H/i1D,5D,6D,13D,14D,15D,16D,18D,19D,20D,21D,24D,25D,32D,33D,34D,35D,38D,39D,40D,41D. The molecule has 0 unspecified atom stereocenters. The molecule has 15 aromatic carbocycles. The fourth-order valence-electron chi connectivity index (χ4n) is 15.1. The fraction of sp³-hybridized carbons (Fsp3) is 0. The minimum atomic E-state index is -0.993. The Kier molecular flexibility index (Phi) is 8.58. The Morgan fingerprint density at radius 1 is 0.286 bits per heavy atom. The number of fused-ring (bicyclic) bond motifs is 13. The number of aromatic nitrogens is 3. The molecule has 454 valence electrons. The number of hydrogen-bond acceptors (Lipinski definition) is 3. The molecule has 18 aromatic rings. The van der Waals surface area contributed by atoms with Gasteiger partial charge in [0.25, 0.3) is 6.71 Å². The van der Waals surface area contributed by atoms with Crippen LogP contribution in [0.1, 0.15) is 34.3 Å². The molecule has 0 atom stereocenters. The van der Waals surface area contributed by atoms with Crippen molar-refractivity contribution in [3.63, 3.8) is 0 Å². The molecule has 0 saturated carbocycles. The van der Waals surface area contributed by atoms with Crippen LogP contribution >= 0.6 is 0 Å². The summed E-state index contributed by atoms with van der Waals surface area (Å²) in [6.45, 7) is -0.993. The van der Waals surface area contributed by atoms with Crippen molar-refractivity contribution in [2.24, 2.45) is 0 Å². The molecule has 5 heterocycles. The molecule has 0 amide bonds. The van der Waals surface area contributed by atoms with Crippen molar-refractivity contribution in [2.75, 3.05) is 9.80 Å². The van der Waals surface area contributed by atoms with Crippen molar-refractivity contribution in [1.29, 1.82) is 5.26 Å². The third kappa shape index (κ3) is 8.41. The summed E-state index contributed by atoms with van der Waals surface area (Å²) in [5.41, 5.74) is 10.2. The normalized spacial score (nSPS) is 15.4. The molecular formula is C91H57BN6. The molecule has 0 aliphatic carbocycles. The van der Waals surface area contributed by atoms with Gasteiger partial charge in [-0.3, -0.25) is 0 Å². The van der Waals surface area contributed by atoms with Gasteiger partial charge in [0.2, 0.25) is 0 Å². The van der Waals surface area contributed by atoms with Gasteiger partial charge in [0.1, 0.15) is 6.07 Å². The minimum absolute atomic E-state index is 0.0639. The Balaban J connectivity index is 0.998. The third-order valence-electron chi connectivity index (χ3n) is 19.2. The summed E-state index contributed by atoms with van der Waals surface area (Å²) in [6, 6.07) is 58.4. The molecule has 20 rings (SSSR count). The Morgan fingerprint density at radius 3 is 1.37 bits per heavy atom. The summed E-state index contributed by atoms with van der Waals surface area (Å²) < 4.78 is 203. The average Bonchev–Trinajstić information content (AvgIpc) is 1.30. The molecule has 0 N–H and O–H groups in total. The van der Waals surface area contributed by atoms with Gasteiger partial charge in [-0.05, 0) is 164 Å². The number of benzene rings is 15. The highest BCUT2D eigenvalue weighted by atomic mass is 15.2. The summed E-state index contributed by atoms with van der Waals surface area (Å²) in [7, 11) is 0. The summed E-state index contributed by atoms with van der Waals surface area (Å²) in [5, 5.41) is 12.6. The van der Waals surface area contributed by atoms with E-state index in [0.717, 1.165) is 55.2 Å². The number of anilines is 6. The molecule has 7 heteroatoms. The molecule has 6 nitrogen and oxygen atoms in total. The zero-order chi connectivity index (χ0) is 82.8. The molecular weight excluding hydrogens is 1190 g/mol. The van der Waals surface area contributed by atoms with Gasteiger partial charge < -0.3 is 23.5 Å². The smallest absolute Gasteiger partial charge is 0.252 e. The lowest BCUT2D eigenvalue weighted by Crippen LogP contribution is -2.61. The number of hydrogen-bond donors (Lipinski definition) is 0. The SMILES string of the molecule is [2H]c1c([2H])c([2H])c(-c2ccc3c(c2)N(c2cc(-c4ccccc4)cc(-c4ccccc4)c2)c2cc(-n4c5c([2H])c([2H])c([2H])c([2H])c5c5c([2H])c([2H])c([2H])c([2H])c54)cc4c2B3c2ccc(-n3c5c([2H])c([2H])c([2H])c([2H])c5c5c([2H])c([2H])c([2H])c([2H])c53)cc2N4c2ccc(C#N)c(-n3c4ccccc4c4c(-c5ccccc5)cccc43)c2)c([2H])c1[2H]. The van der Waals surface area contributed by atoms with Crippen LogP contribution in [-0.2, 0) is 0 Å². The summed E-state index contributed by atoms with van der Waals surface area (Å²) in [4.78, 5) is 3.90. The summed E-state index contributed by atoms with van der Waals surface area (Å²) >= 11 is 0. The molecule has 98 heavy (non-hydrogen) atoms. The highest BCUT2D eigenvalue weighted by molar-refractivity contribution is 7.00. The maximum absolute atomic E-state index is 11.7. The van der Waals surface area contributed by atoms with Gasteiger partial charge in [-0.15, -0.1) is 0 Å². The second-order valence-electron chi connectivity index (χ2n) is 24.3. The van der Waals surface area contributed by atoms with E-state index < -0.39 is 134 Å². The van der Waals surface area contributed by atoms with Crippen LogP contribution in [0.3, 0.4) is 0 Å². The second-order valence-corrected chi connectivity index (χ2v) is 24.3. The monoisotopic (exact) mass is 1270 g/mol. The lowest BCUT2D eigenvalue weighted by molar-refractivity contribution is 1.14. The van der Waals surface area contributed by atoms with E-state index in [0.29, 0.717) is 56.2 Å². The predicted octanol–water partition coefficient (Wildman–Crippen LogP) is 21.6. The van der Waals surface area contributed by atoms with Crippen LogP contribution < -0.4 is 26.2 Å². The molecule has 2 aliphatic rings. The van der Waals surface area contributed by atoms with Crippen molar-refractivity contribution in [2.45, 2.75) is 0 Å². The van der Waals surface area contributed by atoms with Crippen LogP contribution in [0.5, 0.6) is 0 Å². The maximum atomic E-state index is 11.7. The molecule has 0 radical (unpaired) electrons. The molecule has 0 bridgehead atoms. The van der Waals surface area contributed by atoms with Crippen LogP contribution in [0, 0.1) is 11.3 Å². The molecule has 0 saturated heterocycles. The van der Waals surface area contributed by atoms with Gasteiger partial charge in [-0.25, -0.2) is 0 Å². The Bertz CT molecular complexity index is 7430. The maximum Gasteiger partial charge on any atom is 0.252 e. The minimum Gasteiger partial charge on any atom is -0.311 e. The molecule has 0 spiro atoms. The molecule has 0 fully saturated rings. The average molecular weight is 1270 g/mol. The quantitative estimate of drug-likeness (QED) is 0.135. The number of nitriles is 1. The van der Waals surface area contributed by atoms with Crippen molar-refractivity contribution in [3.8, 4) is 67.6 Å². The van der Waals surface area contributed by atoms with Crippen LogP contribution in [-0.4, -0.2) is 20.4 Å². The first-order valence-corrected chi connectivity index (χ1v) is 31.8. The number of rotatable bonds is 9. The van der Waals surface area contributed by atoms with Crippen molar-refractivity contribution in [1.82, 2.24) is 13.7 Å². The van der Waals surface area contributed by atoms with Crippen LogP contribution in [0.25, 0.3) is 127 Å². The van der Waals surface area contributed by atoms with E-state index in [9.17, 15) is 27.2 Å². The Labute approximate surface area is 596 Å². The Morgan fingerprint density at radius 2 is 0.765 bits per heavy atom. The topological polar surface area (TPSA) is 45.1 Å². The first-order chi connectivity index (χ1) is 57.3. The van der Waals surface area contributed by atoms with Crippen molar-refractivity contribution < 1.29 is 28.8 Å². The number of para-hydroxylation sites is 5. The van der Waals surface area contributed by atoms with E-state index in [2.05, 4.69) is 12.1 Å². The van der Waals surface area contributed by atoms with Gasteiger partial charge in [0.15, 0.2) is 0 Å². The van der Waals surface area contributed by atoms with Gasteiger partial charge in [0, 0.05) is 72.1 Å². The first-order valence-electron chi connectivity index (χ1n) is 42.3. The first kappa shape index (κ1) is 38.3. The van der Waals surface area contributed by atoms with Gasteiger partial charge in [-0.2, -0.15) is 5.26 Å². The van der Waals surface area contributed by atoms with Gasteiger partial charge in [-0.1, -0.05) is 242 Å². The van der Waals surface area contributed by atoms with Gasteiger partial charge in [0.05, 0.1) is 78.8 Å². The van der Waals surface area contributed by atoms with Crippen molar-refractivity contribution in [3.05, 3.63) is 351 Å². The zero-order valence-electron chi connectivity index (χ0n) is 72.5. The fourth-order valence-corrected chi connectivity index (χ4v) is 15.1. The summed E-state index contributed by atoms with van der Waals surface area (Å²) in [5.74, 6) is 0. The highest BCUT2D eigenvalue weighted by Gasteiger charge is 2.45. The molecule has 2 aliphatic heterocycles. The van der Waals surface area contributed by atoms with E-state index in [1.165, 1.54) is 9.13 Å².